The zero-order chi connectivity index (χ0) is 15.6. The summed E-state index contributed by atoms with van der Waals surface area (Å²) >= 11 is 0. The molecule has 2 N–H and O–H groups in total. The van der Waals surface area contributed by atoms with Crippen molar-refractivity contribution in [3.05, 3.63) is 30.1 Å². The summed E-state index contributed by atoms with van der Waals surface area (Å²) in [4.78, 5) is 16.2. The first-order valence-electron chi connectivity index (χ1n) is 6.47. The van der Waals surface area contributed by atoms with Crippen LogP contribution in [0.15, 0.2) is 29.6 Å². The molecule has 0 aromatic carbocycles. The molecular weight excluding hydrogens is 294 g/mol. The third-order valence-electron chi connectivity index (χ3n) is 3.11. The molecule has 0 aliphatic rings. The normalized spacial score (nSPS) is 13.3. The molecule has 0 fully saturated rings. The Kier molecular flexibility index (Phi) is 4.29. The van der Waals surface area contributed by atoms with E-state index < -0.39 is 15.7 Å². The lowest BCUT2D eigenvalue weighted by molar-refractivity contribution is 0.0911. The zero-order valence-electron chi connectivity index (χ0n) is 11.8. The lowest BCUT2D eigenvalue weighted by Gasteiger charge is -2.12. The van der Waals surface area contributed by atoms with Crippen LogP contribution in [0.25, 0.3) is 5.52 Å². The van der Waals surface area contributed by atoms with Gasteiger partial charge in [-0.05, 0) is 18.6 Å². The molecule has 0 saturated heterocycles. The van der Waals surface area contributed by atoms with Gasteiger partial charge in [-0.3, -0.25) is 9.20 Å². The first-order valence-corrected chi connectivity index (χ1v) is 8.36. The second-order valence-electron chi connectivity index (χ2n) is 4.73. The number of sulfone groups is 1. The molecular formula is C13H17N3O4S. The first kappa shape index (κ1) is 15.5. The highest BCUT2D eigenvalue weighted by Gasteiger charge is 2.23. The smallest absolute Gasteiger partial charge is 0.272 e. The molecule has 7 nitrogen and oxygen atoms in total. The maximum atomic E-state index is 12.2. The van der Waals surface area contributed by atoms with Gasteiger partial charge in [-0.15, -0.1) is 0 Å². The molecule has 1 atom stereocenters. The van der Waals surface area contributed by atoms with Crippen LogP contribution in [0, 0.1) is 0 Å². The fourth-order valence-corrected chi connectivity index (χ4v) is 2.74. The summed E-state index contributed by atoms with van der Waals surface area (Å²) in [6.45, 7) is 1.64. The number of nitrogens with zero attached hydrogens (tertiary/aromatic N) is 2. The van der Waals surface area contributed by atoms with E-state index in [2.05, 4.69) is 10.3 Å². The molecule has 2 aromatic rings. The number of aliphatic hydroxyl groups excluding tert-OH is 1. The molecule has 2 aromatic heterocycles. The standard InChI is InChI=1S/C13H17N3O4S/c1-3-9(8-17)14-12(18)11-10-6-4-5-7-16(10)13(15-11)21(2,19)20/h4-7,9,17H,3,8H2,1-2H3,(H,14,18)/t9-/m0/s1. The molecule has 0 unspecified atom stereocenters. The van der Waals surface area contributed by atoms with Crippen molar-refractivity contribution >= 4 is 21.3 Å². The quantitative estimate of drug-likeness (QED) is 0.823. The van der Waals surface area contributed by atoms with Crippen LogP contribution in [0.4, 0.5) is 0 Å². The van der Waals surface area contributed by atoms with Gasteiger partial charge in [0.25, 0.3) is 5.91 Å². The highest BCUT2D eigenvalue weighted by molar-refractivity contribution is 7.90. The molecule has 114 valence electrons. The maximum absolute atomic E-state index is 12.2. The second-order valence-corrected chi connectivity index (χ2v) is 6.64. The lowest BCUT2D eigenvalue weighted by atomic mass is 10.2. The van der Waals surface area contributed by atoms with Crippen LogP contribution in [-0.2, 0) is 9.84 Å². The Morgan fingerprint density at radius 2 is 2.19 bits per heavy atom. The van der Waals surface area contributed by atoms with E-state index in [0.717, 1.165) is 6.26 Å². The van der Waals surface area contributed by atoms with E-state index in [4.69, 9.17) is 5.11 Å². The van der Waals surface area contributed by atoms with Crippen molar-refractivity contribution in [1.82, 2.24) is 14.7 Å². The molecule has 21 heavy (non-hydrogen) atoms. The van der Waals surface area contributed by atoms with Crippen molar-refractivity contribution in [3.63, 3.8) is 0 Å². The third kappa shape index (κ3) is 3.06. The zero-order valence-corrected chi connectivity index (χ0v) is 12.6. The minimum Gasteiger partial charge on any atom is -0.394 e. The molecule has 0 bridgehead atoms. The number of nitrogens with one attached hydrogen (secondary N) is 1. The highest BCUT2D eigenvalue weighted by atomic mass is 32.2. The van der Waals surface area contributed by atoms with Gasteiger partial charge < -0.3 is 10.4 Å². The molecule has 0 spiro atoms. The van der Waals surface area contributed by atoms with Crippen LogP contribution in [0.5, 0.6) is 0 Å². The molecule has 8 heteroatoms. The Bertz CT molecular complexity index is 763. The van der Waals surface area contributed by atoms with E-state index in [1.807, 2.05) is 6.92 Å². The van der Waals surface area contributed by atoms with Gasteiger partial charge in [0.2, 0.25) is 15.0 Å². The largest absolute Gasteiger partial charge is 0.394 e. The summed E-state index contributed by atoms with van der Waals surface area (Å²) in [5, 5.41) is 11.6. The van der Waals surface area contributed by atoms with Gasteiger partial charge in [0, 0.05) is 12.5 Å². The predicted molar refractivity (Wildman–Crippen MR) is 76.9 cm³/mol. The van der Waals surface area contributed by atoms with E-state index in [-0.39, 0.29) is 23.5 Å². The number of aromatic nitrogens is 2. The third-order valence-corrected chi connectivity index (χ3v) is 4.06. The Balaban J connectivity index is 2.52. The van der Waals surface area contributed by atoms with E-state index in [9.17, 15) is 13.2 Å². The van der Waals surface area contributed by atoms with Crippen LogP contribution in [0.1, 0.15) is 23.8 Å². The van der Waals surface area contributed by atoms with Gasteiger partial charge in [-0.25, -0.2) is 13.4 Å². The monoisotopic (exact) mass is 311 g/mol. The molecule has 0 aliphatic carbocycles. The number of carbonyl (C=O) groups excluding carboxylic acids is 1. The van der Waals surface area contributed by atoms with Gasteiger partial charge in [0.15, 0.2) is 5.69 Å². The van der Waals surface area contributed by atoms with Gasteiger partial charge in [-0.2, -0.15) is 0 Å². The fourth-order valence-electron chi connectivity index (χ4n) is 1.97. The van der Waals surface area contributed by atoms with Crippen LogP contribution in [0.3, 0.4) is 0 Å². The molecule has 2 rings (SSSR count). The van der Waals surface area contributed by atoms with Crippen LogP contribution in [0.2, 0.25) is 0 Å². The fraction of sp³-hybridized carbons (Fsp3) is 0.385. The number of hydrogen-bond acceptors (Lipinski definition) is 5. The van der Waals surface area contributed by atoms with E-state index in [0.29, 0.717) is 11.9 Å². The highest BCUT2D eigenvalue weighted by Crippen LogP contribution is 2.17. The van der Waals surface area contributed by atoms with Gasteiger partial charge in [0.1, 0.15) is 0 Å². The van der Waals surface area contributed by atoms with Crippen molar-refractivity contribution in [2.75, 3.05) is 12.9 Å². The molecule has 0 radical (unpaired) electrons. The van der Waals surface area contributed by atoms with E-state index >= 15 is 0 Å². The van der Waals surface area contributed by atoms with Gasteiger partial charge >= 0.3 is 0 Å². The molecule has 1 amide bonds. The Morgan fingerprint density at radius 1 is 1.48 bits per heavy atom. The van der Waals surface area contributed by atoms with E-state index in [1.165, 1.54) is 4.40 Å². The topological polar surface area (TPSA) is 101 Å². The summed E-state index contributed by atoms with van der Waals surface area (Å²) in [5.41, 5.74) is 0.436. The average Bonchev–Trinajstić information content (AvgIpc) is 2.84. The van der Waals surface area contributed by atoms with Crippen LogP contribution in [-0.4, -0.2) is 47.7 Å². The number of hydrogen-bond donors (Lipinski definition) is 2. The van der Waals surface area contributed by atoms with Crippen molar-refractivity contribution in [2.45, 2.75) is 24.5 Å². The summed E-state index contributed by atoms with van der Waals surface area (Å²) in [7, 11) is -3.56. The lowest BCUT2D eigenvalue weighted by Crippen LogP contribution is -2.37. The summed E-state index contributed by atoms with van der Waals surface area (Å²) < 4.78 is 24.9. The minimum absolute atomic E-state index is 0.0305. The van der Waals surface area contributed by atoms with Crippen LogP contribution >= 0.6 is 0 Å². The Labute approximate surface area is 122 Å². The van der Waals surface area contributed by atoms with Crippen molar-refractivity contribution < 1.29 is 18.3 Å². The van der Waals surface area contributed by atoms with Crippen molar-refractivity contribution in [2.24, 2.45) is 0 Å². The number of aliphatic hydroxyl groups is 1. The molecule has 0 saturated carbocycles. The number of fused-ring (bicyclic) bond motifs is 1. The van der Waals surface area contributed by atoms with Gasteiger partial charge in [-0.1, -0.05) is 13.0 Å². The molecule has 2 heterocycles. The number of carbonyl (C=O) groups is 1. The Hall–Kier alpha value is -1.93. The Morgan fingerprint density at radius 3 is 2.76 bits per heavy atom. The minimum atomic E-state index is -3.56. The number of amides is 1. The predicted octanol–water partition coefficient (Wildman–Crippen LogP) is 0.239. The maximum Gasteiger partial charge on any atom is 0.272 e. The number of imidazole rings is 1. The SMILES string of the molecule is CC[C@@H](CO)NC(=O)c1nc(S(C)(=O)=O)n2ccccc12. The number of rotatable bonds is 5. The van der Waals surface area contributed by atoms with Gasteiger partial charge in [0.05, 0.1) is 18.2 Å². The molecule has 0 aliphatic heterocycles. The number of pyridine rings is 1. The van der Waals surface area contributed by atoms with Crippen LogP contribution < -0.4 is 5.32 Å². The summed E-state index contributed by atoms with van der Waals surface area (Å²) in [5.74, 6) is -0.505. The average molecular weight is 311 g/mol. The summed E-state index contributed by atoms with van der Waals surface area (Å²) in [6, 6.07) is 4.59. The first-order chi connectivity index (χ1) is 9.88. The second kappa shape index (κ2) is 5.82. The van der Waals surface area contributed by atoms with Crippen molar-refractivity contribution in [3.8, 4) is 0 Å². The summed E-state index contributed by atoms with van der Waals surface area (Å²) in [6.07, 6.45) is 3.14. The van der Waals surface area contributed by atoms with E-state index in [1.54, 1.807) is 24.4 Å². The van der Waals surface area contributed by atoms with Crippen molar-refractivity contribution in [1.29, 1.82) is 0 Å².